The number of nitrogens with one attached hydrogen (secondary N) is 2. The smallest absolute Gasteiger partial charge is 0.315 e. The lowest BCUT2D eigenvalue weighted by Crippen LogP contribution is -2.45. The zero-order valence-electron chi connectivity index (χ0n) is 13.8. The molecule has 2 N–H and O–H groups in total. The van der Waals surface area contributed by atoms with Crippen LogP contribution in [0.1, 0.15) is 30.9 Å². The van der Waals surface area contributed by atoms with Gasteiger partial charge >= 0.3 is 6.03 Å². The van der Waals surface area contributed by atoms with Crippen LogP contribution in [0.15, 0.2) is 30.3 Å². The fourth-order valence-corrected chi connectivity index (χ4v) is 3.38. The van der Waals surface area contributed by atoms with Gasteiger partial charge in [-0.05, 0) is 41.7 Å². The Labute approximate surface area is 137 Å². The van der Waals surface area contributed by atoms with Crippen LogP contribution in [0.25, 0.3) is 10.8 Å². The maximum atomic E-state index is 12.0. The van der Waals surface area contributed by atoms with E-state index in [0.29, 0.717) is 0 Å². The Morgan fingerprint density at radius 3 is 2.91 bits per heavy atom. The summed E-state index contributed by atoms with van der Waals surface area (Å²) in [5.74, 6) is 0.905. The average Bonchev–Trinajstić information content (AvgIpc) is 2.55. The van der Waals surface area contributed by atoms with Crippen molar-refractivity contribution in [2.45, 2.75) is 38.6 Å². The number of ether oxygens (including phenoxy) is 1. The molecular weight excluding hydrogens is 288 g/mol. The summed E-state index contributed by atoms with van der Waals surface area (Å²) in [6, 6.07) is 10.5. The van der Waals surface area contributed by atoms with Gasteiger partial charge in [0.25, 0.3) is 0 Å². The molecule has 0 aliphatic heterocycles. The van der Waals surface area contributed by atoms with Crippen LogP contribution in [0.2, 0.25) is 0 Å². The minimum absolute atomic E-state index is 0.0750. The number of methoxy groups -OCH3 is 1. The maximum absolute atomic E-state index is 12.0. The van der Waals surface area contributed by atoms with Crippen LogP contribution in [0.5, 0.6) is 5.75 Å². The summed E-state index contributed by atoms with van der Waals surface area (Å²) in [6.07, 6.45) is 3.75. The number of benzene rings is 2. The Morgan fingerprint density at radius 1 is 1.26 bits per heavy atom. The number of rotatable bonds is 5. The number of amides is 2. The van der Waals surface area contributed by atoms with E-state index in [1.165, 1.54) is 21.9 Å². The molecular formula is C19H24N2O2. The molecule has 2 amide bonds. The quantitative estimate of drug-likeness (QED) is 0.831. The Hall–Kier alpha value is -2.23. The second-order valence-corrected chi connectivity index (χ2v) is 6.12. The first-order valence-corrected chi connectivity index (χ1v) is 8.34. The molecule has 0 saturated heterocycles. The third-order valence-corrected chi connectivity index (χ3v) is 4.48. The van der Waals surface area contributed by atoms with Crippen LogP contribution < -0.4 is 15.4 Å². The van der Waals surface area contributed by atoms with Gasteiger partial charge in [-0.1, -0.05) is 37.6 Å². The van der Waals surface area contributed by atoms with Crippen LogP contribution in [0.3, 0.4) is 0 Å². The van der Waals surface area contributed by atoms with Crippen molar-refractivity contribution in [3.05, 3.63) is 41.5 Å². The molecule has 1 aliphatic rings. The van der Waals surface area contributed by atoms with Crippen molar-refractivity contribution < 1.29 is 9.53 Å². The standard InChI is InChI=1S/C19H24N2O2/c1-3-4-10-20-19(22)21-15-11-14-7-5-6-13-8-9-17(23-2)16(12-15)18(13)14/h5-9,15H,3-4,10-12H2,1-2H3,(H2,20,21,22). The number of hydrogen-bond acceptors (Lipinski definition) is 2. The molecule has 23 heavy (non-hydrogen) atoms. The molecule has 3 rings (SSSR count). The van der Waals surface area contributed by atoms with Crippen LogP contribution in [0, 0.1) is 0 Å². The van der Waals surface area contributed by atoms with Crippen LogP contribution >= 0.6 is 0 Å². The Morgan fingerprint density at radius 2 is 2.13 bits per heavy atom. The van der Waals surface area contributed by atoms with Crippen molar-refractivity contribution in [3.63, 3.8) is 0 Å². The summed E-state index contributed by atoms with van der Waals surface area (Å²) in [5.41, 5.74) is 2.48. The van der Waals surface area contributed by atoms with Crippen molar-refractivity contribution >= 4 is 16.8 Å². The van der Waals surface area contributed by atoms with Crippen LogP contribution in [-0.2, 0) is 12.8 Å². The van der Waals surface area contributed by atoms with Gasteiger partial charge in [0.15, 0.2) is 0 Å². The lowest BCUT2D eigenvalue weighted by molar-refractivity contribution is 0.236. The van der Waals surface area contributed by atoms with Gasteiger partial charge in [-0.2, -0.15) is 0 Å². The monoisotopic (exact) mass is 312 g/mol. The number of urea groups is 1. The summed E-state index contributed by atoms with van der Waals surface area (Å²) in [4.78, 5) is 12.0. The largest absolute Gasteiger partial charge is 0.496 e. The van der Waals surface area contributed by atoms with E-state index in [-0.39, 0.29) is 12.1 Å². The van der Waals surface area contributed by atoms with Crippen molar-refractivity contribution in [3.8, 4) is 5.75 Å². The molecule has 122 valence electrons. The minimum atomic E-state index is -0.0750. The van der Waals surface area contributed by atoms with Gasteiger partial charge in [0, 0.05) is 18.2 Å². The first-order chi connectivity index (χ1) is 11.2. The van der Waals surface area contributed by atoms with Crippen molar-refractivity contribution in [1.82, 2.24) is 10.6 Å². The summed E-state index contributed by atoms with van der Waals surface area (Å²) in [5, 5.41) is 8.56. The van der Waals surface area contributed by atoms with E-state index in [1.54, 1.807) is 7.11 Å². The molecule has 4 nitrogen and oxygen atoms in total. The number of unbranched alkanes of at least 4 members (excludes halogenated alkanes) is 1. The predicted molar refractivity (Wildman–Crippen MR) is 93.1 cm³/mol. The first-order valence-electron chi connectivity index (χ1n) is 8.34. The van der Waals surface area contributed by atoms with Gasteiger partial charge in [-0.25, -0.2) is 4.79 Å². The highest BCUT2D eigenvalue weighted by molar-refractivity contribution is 5.92. The molecule has 2 aromatic carbocycles. The molecule has 4 heteroatoms. The summed E-state index contributed by atoms with van der Waals surface area (Å²) < 4.78 is 5.54. The molecule has 2 aromatic rings. The van der Waals surface area contributed by atoms with E-state index < -0.39 is 0 Å². The minimum Gasteiger partial charge on any atom is -0.496 e. The van der Waals surface area contributed by atoms with Crippen molar-refractivity contribution in [1.29, 1.82) is 0 Å². The van der Waals surface area contributed by atoms with E-state index in [4.69, 9.17) is 4.74 Å². The SMILES string of the molecule is CCCCNC(=O)NC1Cc2cccc3ccc(OC)c(c23)C1. The highest BCUT2D eigenvalue weighted by Crippen LogP contribution is 2.35. The zero-order valence-corrected chi connectivity index (χ0v) is 13.8. The fraction of sp³-hybridized carbons (Fsp3) is 0.421. The average molecular weight is 312 g/mol. The fourth-order valence-electron chi connectivity index (χ4n) is 3.38. The Kier molecular flexibility index (Phi) is 4.70. The molecule has 0 aromatic heterocycles. The normalized spacial score (nSPS) is 16.2. The predicted octanol–water partition coefficient (Wildman–Crippen LogP) is 3.41. The van der Waals surface area contributed by atoms with Gasteiger partial charge in [0.2, 0.25) is 0 Å². The van der Waals surface area contributed by atoms with E-state index >= 15 is 0 Å². The first kappa shape index (κ1) is 15.7. The van der Waals surface area contributed by atoms with E-state index in [9.17, 15) is 4.79 Å². The molecule has 0 radical (unpaired) electrons. The summed E-state index contributed by atoms with van der Waals surface area (Å²) in [6.45, 7) is 2.84. The number of carbonyl (C=O) groups excluding carboxylic acids is 1. The Balaban J connectivity index is 1.80. The summed E-state index contributed by atoms with van der Waals surface area (Å²) >= 11 is 0. The molecule has 1 aliphatic carbocycles. The zero-order chi connectivity index (χ0) is 16.2. The van der Waals surface area contributed by atoms with E-state index in [1.807, 2.05) is 6.07 Å². The third-order valence-electron chi connectivity index (χ3n) is 4.48. The molecule has 0 bridgehead atoms. The second-order valence-electron chi connectivity index (χ2n) is 6.12. The highest BCUT2D eigenvalue weighted by Gasteiger charge is 2.24. The van der Waals surface area contributed by atoms with Gasteiger partial charge in [0.05, 0.1) is 7.11 Å². The molecule has 0 fully saturated rings. The molecule has 0 saturated carbocycles. The van der Waals surface area contributed by atoms with Gasteiger partial charge < -0.3 is 15.4 Å². The van der Waals surface area contributed by atoms with E-state index in [0.717, 1.165) is 38.0 Å². The number of carbonyl (C=O) groups is 1. The Bertz CT molecular complexity index is 712. The van der Waals surface area contributed by atoms with Crippen molar-refractivity contribution in [2.75, 3.05) is 13.7 Å². The molecule has 1 unspecified atom stereocenters. The van der Waals surface area contributed by atoms with E-state index in [2.05, 4.69) is 41.8 Å². The van der Waals surface area contributed by atoms with Gasteiger partial charge in [-0.15, -0.1) is 0 Å². The topological polar surface area (TPSA) is 50.4 Å². The molecule has 1 atom stereocenters. The second kappa shape index (κ2) is 6.90. The van der Waals surface area contributed by atoms with Crippen LogP contribution in [-0.4, -0.2) is 25.7 Å². The third kappa shape index (κ3) is 3.26. The van der Waals surface area contributed by atoms with Gasteiger partial charge in [-0.3, -0.25) is 0 Å². The lowest BCUT2D eigenvalue weighted by atomic mass is 9.85. The van der Waals surface area contributed by atoms with Crippen LogP contribution in [0.4, 0.5) is 4.79 Å². The number of hydrogen-bond donors (Lipinski definition) is 2. The summed E-state index contributed by atoms with van der Waals surface area (Å²) in [7, 11) is 1.70. The lowest BCUT2D eigenvalue weighted by Gasteiger charge is -2.27. The maximum Gasteiger partial charge on any atom is 0.315 e. The highest BCUT2D eigenvalue weighted by atomic mass is 16.5. The van der Waals surface area contributed by atoms with Crippen molar-refractivity contribution in [2.24, 2.45) is 0 Å². The van der Waals surface area contributed by atoms with Gasteiger partial charge in [0.1, 0.15) is 5.75 Å². The molecule has 0 heterocycles. The molecule has 0 spiro atoms.